The largest absolute Gasteiger partial charge is 0.392 e. The predicted molar refractivity (Wildman–Crippen MR) is 63.7 cm³/mol. The van der Waals surface area contributed by atoms with Gasteiger partial charge in [0.05, 0.1) is 16.9 Å². The van der Waals surface area contributed by atoms with Crippen molar-refractivity contribution in [1.82, 2.24) is 15.1 Å². The van der Waals surface area contributed by atoms with Gasteiger partial charge in [0.2, 0.25) is 5.91 Å². The minimum absolute atomic E-state index is 0.0489. The van der Waals surface area contributed by atoms with Crippen molar-refractivity contribution in [2.75, 3.05) is 6.54 Å². The number of rotatable bonds is 5. The molecule has 1 aromatic rings. The van der Waals surface area contributed by atoms with E-state index in [2.05, 4.69) is 10.4 Å². The molecule has 1 saturated carbocycles. The molecule has 2 rings (SSSR count). The van der Waals surface area contributed by atoms with Gasteiger partial charge in [-0.25, -0.2) is 0 Å². The van der Waals surface area contributed by atoms with Crippen LogP contribution in [0.2, 0.25) is 0 Å². The summed E-state index contributed by atoms with van der Waals surface area (Å²) in [4.78, 5) is 12.1. The molecule has 0 aromatic carbocycles. The van der Waals surface area contributed by atoms with Crippen molar-refractivity contribution >= 4 is 23.1 Å². The molecule has 3 N–H and O–H groups in total. The Balaban J connectivity index is 1.79. The number of carbonyl (C=O) groups is 1. The number of amides is 1. The molecule has 5 nitrogen and oxygen atoms in total. The number of nitrogens with zero attached hydrogens (tertiary/aromatic N) is 2. The summed E-state index contributed by atoms with van der Waals surface area (Å²) in [5, 5.41) is 6.88. The van der Waals surface area contributed by atoms with Crippen molar-refractivity contribution in [3.63, 3.8) is 0 Å². The van der Waals surface area contributed by atoms with E-state index in [1.165, 1.54) is 0 Å². The maximum Gasteiger partial charge on any atom is 0.233 e. The van der Waals surface area contributed by atoms with E-state index in [0.29, 0.717) is 18.1 Å². The molecular weight excluding hydrogens is 224 g/mol. The highest BCUT2D eigenvalue weighted by Crippen LogP contribution is 2.46. The molecule has 1 heterocycles. The van der Waals surface area contributed by atoms with Gasteiger partial charge >= 0.3 is 0 Å². The molecule has 86 valence electrons. The second-order valence-corrected chi connectivity index (χ2v) is 4.41. The molecule has 1 fully saturated rings. The molecule has 0 atom stereocenters. The van der Waals surface area contributed by atoms with Crippen LogP contribution in [0.1, 0.15) is 12.8 Å². The van der Waals surface area contributed by atoms with E-state index in [-0.39, 0.29) is 5.91 Å². The Labute approximate surface area is 99.0 Å². The SMILES string of the molecule is NC(=S)C1(C(=O)NCCn2cccn2)CC1. The van der Waals surface area contributed by atoms with Crippen LogP contribution < -0.4 is 11.1 Å². The van der Waals surface area contributed by atoms with Crippen molar-refractivity contribution in [1.29, 1.82) is 0 Å². The quantitative estimate of drug-likeness (QED) is 0.712. The Morgan fingerprint density at radius 1 is 1.62 bits per heavy atom. The smallest absolute Gasteiger partial charge is 0.233 e. The van der Waals surface area contributed by atoms with E-state index in [9.17, 15) is 4.79 Å². The number of nitrogens with two attached hydrogens (primary N) is 1. The van der Waals surface area contributed by atoms with E-state index < -0.39 is 5.41 Å². The molecule has 16 heavy (non-hydrogen) atoms. The molecule has 0 saturated heterocycles. The molecule has 0 spiro atoms. The van der Waals surface area contributed by atoms with Crippen LogP contribution >= 0.6 is 12.2 Å². The summed E-state index contributed by atoms with van der Waals surface area (Å²) < 4.78 is 1.76. The third kappa shape index (κ3) is 2.06. The molecule has 1 amide bonds. The normalized spacial score (nSPS) is 16.8. The van der Waals surface area contributed by atoms with E-state index in [1.54, 1.807) is 10.9 Å². The Bertz CT molecular complexity index is 397. The van der Waals surface area contributed by atoms with Crippen LogP contribution in [-0.2, 0) is 11.3 Å². The van der Waals surface area contributed by atoms with E-state index in [0.717, 1.165) is 12.8 Å². The van der Waals surface area contributed by atoms with Gasteiger partial charge in [-0.1, -0.05) is 12.2 Å². The summed E-state index contributed by atoms with van der Waals surface area (Å²) in [6.45, 7) is 1.21. The monoisotopic (exact) mass is 238 g/mol. The maximum absolute atomic E-state index is 11.8. The first-order valence-electron chi connectivity index (χ1n) is 5.21. The average molecular weight is 238 g/mol. The summed E-state index contributed by atoms with van der Waals surface area (Å²) in [5.74, 6) is -0.0489. The Hall–Kier alpha value is -1.43. The van der Waals surface area contributed by atoms with Crippen molar-refractivity contribution in [2.24, 2.45) is 11.1 Å². The van der Waals surface area contributed by atoms with Crippen LogP contribution in [0.4, 0.5) is 0 Å². The fraction of sp³-hybridized carbons (Fsp3) is 0.500. The number of hydrogen-bond acceptors (Lipinski definition) is 3. The summed E-state index contributed by atoms with van der Waals surface area (Å²) in [7, 11) is 0. The molecule has 1 aliphatic rings. The van der Waals surface area contributed by atoms with Crippen molar-refractivity contribution < 1.29 is 4.79 Å². The summed E-state index contributed by atoms with van der Waals surface area (Å²) >= 11 is 4.90. The Kier molecular flexibility index (Phi) is 2.91. The van der Waals surface area contributed by atoms with Crippen LogP contribution in [0.25, 0.3) is 0 Å². The van der Waals surface area contributed by atoms with Gasteiger partial charge in [0.1, 0.15) is 0 Å². The van der Waals surface area contributed by atoms with Crippen LogP contribution in [0.15, 0.2) is 18.5 Å². The van der Waals surface area contributed by atoms with Crippen LogP contribution in [0.5, 0.6) is 0 Å². The summed E-state index contributed by atoms with van der Waals surface area (Å²) in [6, 6.07) is 1.85. The fourth-order valence-electron chi connectivity index (χ4n) is 1.60. The first-order chi connectivity index (χ1) is 7.65. The zero-order chi connectivity index (χ0) is 11.6. The lowest BCUT2D eigenvalue weighted by Crippen LogP contribution is -2.40. The zero-order valence-electron chi connectivity index (χ0n) is 8.85. The van der Waals surface area contributed by atoms with E-state index >= 15 is 0 Å². The lowest BCUT2D eigenvalue weighted by atomic mass is 10.1. The minimum Gasteiger partial charge on any atom is -0.392 e. The van der Waals surface area contributed by atoms with Gasteiger partial charge in [-0.2, -0.15) is 5.10 Å². The lowest BCUT2D eigenvalue weighted by molar-refractivity contribution is -0.124. The standard InChI is InChI=1S/C10H14N4OS/c11-8(16)10(2-3-10)9(15)12-5-7-14-6-1-4-13-14/h1,4,6H,2-3,5,7H2,(H2,11,16)(H,12,15). The van der Waals surface area contributed by atoms with Gasteiger partial charge in [0.25, 0.3) is 0 Å². The van der Waals surface area contributed by atoms with E-state index in [1.807, 2.05) is 12.3 Å². The van der Waals surface area contributed by atoms with Crippen molar-refractivity contribution in [3.05, 3.63) is 18.5 Å². The minimum atomic E-state index is -0.556. The highest BCUT2D eigenvalue weighted by Gasteiger charge is 2.52. The van der Waals surface area contributed by atoms with Crippen molar-refractivity contribution in [3.8, 4) is 0 Å². The van der Waals surface area contributed by atoms with Gasteiger partial charge < -0.3 is 11.1 Å². The lowest BCUT2D eigenvalue weighted by Gasteiger charge is -2.13. The second kappa shape index (κ2) is 4.21. The molecular formula is C10H14N4OS. The summed E-state index contributed by atoms with van der Waals surface area (Å²) in [6.07, 6.45) is 5.11. The number of nitrogens with one attached hydrogen (secondary N) is 1. The van der Waals surface area contributed by atoms with Gasteiger partial charge in [0, 0.05) is 18.9 Å². The van der Waals surface area contributed by atoms with E-state index in [4.69, 9.17) is 18.0 Å². The molecule has 0 aliphatic heterocycles. The average Bonchev–Trinajstić information content (AvgIpc) is 2.92. The first-order valence-corrected chi connectivity index (χ1v) is 5.62. The van der Waals surface area contributed by atoms with Gasteiger partial charge in [-0.3, -0.25) is 9.48 Å². The number of hydrogen-bond donors (Lipinski definition) is 2. The highest BCUT2D eigenvalue weighted by atomic mass is 32.1. The summed E-state index contributed by atoms with van der Waals surface area (Å²) in [5.41, 5.74) is 5.00. The zero-order valence-corrected chi connectivity index (χ0v) is 9.67. The molecule has 0 bridgehead atoms. The molecule has 1 aromatic heterocycles. The van der Waals surface area contributed by atoms with Crippen molar-refractivity contribution in [2.45, 2.75) is 19.4 Å². The third-order valence-electron chi connectivity index (χ3n) is 2.84. The number of aromatic nitrogens is 2. The molecule has 1 aliphatic carbocycles. The predicted octanol–water partition coefficient (Wildman–Crippen LogP) is 0.0656. The highest BCUT2D eigenvalue weighted by molar-refractivity contribution is 7.80. The Morgan fingerprint density at radius 2 is 2.38 bits per heavy atom. The molecule has 6 heteroatoms. The van der Waals surface area contributed by atoms with Gasteiger partial charge in [-0.05, 0) is 18.9 Å². The topological polar surface area (TPSA) is 72.9 Å². The van der Waals surface area contributed by atoms with Crippen LogP contribution in [-0.4, -0.2) is 27.2 Å². The van der Waals surface area contributed by atoms with Gasteiger partial charge in [0.15, 0.2) is 0 Å². The maximum atomic E-state index is 11.8. The van der Waals surface area contributed by atoms with Crippen LogP contribution in [0, 0.1) is 5.41 Å². The second-order valence-electron chi connectivity index (χ2n) is 3.97. The number of thiocarbonyl (C=S) groups is 1. The fourth-order valence-corrected chi connectivity index (χ4v) is 1.89. The molecule has 0 unspecified atom stereocenters. The van der Waals surface area contributed by atoms with Gasteiger partial charge in [-0.15, -0.1) is 0 Å². The Morgan fingerprint density at radius 3 is 2.88 bits per heavy atom. The first kappa shape index (κ1) is 11.1. The molecule has 0 radical (unpaired) electrons. The number of carbonyl (C=O) groups excluding carboxylic acids is 1. The third-order valence-corrected chi connectivity index (χ3v) is 3.23. The van der Waals surface area contributed by atoms with Crippen LogP contribution in [0.3, 0.4) is 0 Å².